The highest BCUT2D eigenvalue weighted by atomic mass is 32.4. The van der Waals surface area contributed by atoms with Crippen LogP contribution in [0.15, 0.2) is 0 Å². The third kappa shape index (κ3) is 12.2. The Morgan fingerprint density at radius 2 is 1.59 bits per heavy atom. The quantitative estimate of drug-likeness (QED) is 0.233. The smallest absolute Gasteiger partial charge is 0.336 e. The molecule has 5 heteroatoms. The predicted molar refractivity (Wildman–Crippen MR) is 107 cm³/mol. The number of unbranched alkanes of at least 4 members (excludes halogenated alkanes) is 1. The Hall–Kier alpha value is 0.704. The fraction of sp³-hybridized carbons (Fsp3) is 1.00. The van der Waals surface area contributed by atoms with Gasteiger partial charge in [0, 0.05) is 6.61 Å². The second kappa shape index (κ2) is 9.87. The molecule has 0 aromatic rings. The molecule has 0 heterocycles. The van der Waals surface area contributed by atoms with Crippen molar-refractivity contribution in [2.45, 2.75) is 98.0 Å². The van der Waals surface area contributed by atoms with Crippen molar-refractivity contribution in [2.24, 2.45) is 5.41 Å². The lowest BCUT2D eigenvalue weighted by Crippen LogP contribution is -2.45. The largest absolute Gasteiger partial charge is 0.394 e. The molecule has 0 radical (unpaired) electrons. The van der Waals surface area contributed by atoms with Crippen molar-refractivity contribution in [1.82, 2.24) is 0 Å². The van der Waals surface area contributed by atoms with Crippen molar-refractivity contribution in [3.05, 3.63) is 0 Å². The maximum absolute atomic E-state index is 6.69. The minimum Gasteiger partial charge on any atom is -0.394 e. The van der Waals surface area contributed by atoms with Crippen molar-refractivity contribution in [2.75, 3.05) is 6.61 Å². The van der Waals surface area contributed by atoms with Crippen LogP contribution in [0.5, 0.6) is 0 Å². The molecule has 0 aliphatic heterocycles. The first kappa shape index (κ1) is 22.7. The SMILES string of the molecule is CCCCO[Si](C)(CC(C)(C)C)OC(CCC)S[Si](C)(C)C. The zero-order valence-electron chi connectivity index (χ0n) is 16.5. The van der Waals surface area contributed by atoms with E-state index >= 15 is 0 Å². The Morgan fingerprint density at radius 3 is 2.00 bits per heavy atom. The van der Waals surface area contributed by atoms with E-state index in [1.165, 1.54) is 12.8 Å². The summed E-state index contributed by atoms with van der Waals surface area (Å²) < 4.78 is 13.0. The molecule has 2 nitrogen and oxygen atoms in total. The van der Waals surface area contributed by atoms with Gasteiger partial charge in [0.2, 0.25) is 0 Å². The predicted octanol–water partition coefficient (Wildman–Crippen LogP) is 6.63. The van der Waals surface area contributed by atoms with Gasteiger partial charge in [-0.15, -0.1) is 0 Å². The summed E-state index contributed by atoms with van der Waals surface area (Å²) >= 11 is 2.09. The lowest BCUT2D eigenvalue weighted by atomic mass is 10.0. The first-order chi connectivity index (χ1) is 9.91. The molecule has 2 atom stereocenters. The maximum Gasteiger partial charge on any atom is 0.336 e. The molecule has 0 bridgehead atoms. The van der Waals surface area contributed by atoms with Crippen LogP contribution >= 0.6 is 11.2 Å². The van der Waals surface area contributed by atoms with E-state index in [0.717, 1.165) is 25.5 Å². The summed E-state index contributed by atoms with van der Waals surface area (Å²) in [7, 11) is -3.32. The van der Waals surface area contributed by atoms with Crippen molar-refractivity contribution in [3.63, 3.8) is 0 Å². The summed E-state index contributed by atoms with van der Waals surface area (Å²) in [5, 5.41) is 0. The fourth-order valence-electron chi connectivity index (χ4n) is 2.57. The van der Waals surface area contributed by atoms with E-state index < -0.39 is 15.8 Å². The van der Waals surface area contributed by atoms with Crippen LogP contribution in [-0.4, -0.2) is 27.8 Å². The van der Waals surface area contributed by atoms with Gasteiger partial charge in [0.1, 0.15) is 7.22 Å². The molecule has 0 fully saturated rings. The molecule has 22 heavy (non-hydrogen) atoms. The van der Waals surface area contributed by atoms with E-state index in [0.29, 0.717) is 5.44 Å². The highest BCUT2D eigenvalue weighted by Crippen LogP contribution is 2.35. The normalized spacial score (nSPS) is 17.3. The zero-order valence-corrected chi connectivity index (χ0v) is 19.4. The van der Waals surface area contributed by atoms with Crippen molar-refractivity contribution in [3.8, 4) is 0 Å². The van der Waals surface area contributed by atoms with Gasteiger partial charge < -0.3 is 8.85 Å². The summed E-state index contributed by atoms with van der Waals surface area (Å²) in [6.07, 6.45) is 4.63. The van der Waals surface area contributed by atoms with Crippen LogP contribution in [0.2, 0.25) is 32.2 Å². The molecule has 0 saturated carbocycles. The minimum atomic E-state index is -2.12. The molecule has 0 spiro atoms. The van der Waals surface area contributed by atoms with Crippen molar-refractivity contribution in [1.29, 1.82) is 0 Å². The highest BCUT2D eigenvalue weighted by Gasteiger charge is 2.39. The standard InChI is InChI=1S/C17H40O2SSi2/c1-10-12-14-18-22(9,15-17(3,4)5)19-16(13-11-2)20-21(6,7)8/h16H,10-15H2,1-9H3. The molecule has 0 aromatic carbocycles. The molecule has 0 aliphatic carbocycles. The van der Waals surface area contributed by atoms with E-state index in [9.17, 15) is 0 Å². The van der Waals surface area contributed by atoms with Crippen molar-refractivity contribution >= 4 is 27.0 Å². The van der Waals surface area contributed by atoms with Gasteiger partial charge in [-0.25, -0.2) is 0 Å². The molecule has 0 amide bonds. The fourth-order valence-corrected chi connectivity index (χ4v) is 11.1. The van der Waals surface area contributed by atoms with Crippen LogP contribution in [0.4, 0.5) is 0 Å². The Bertz CT molecular complexity index is 300. The third-order valence-electron chi connectivity index (χ3n) is 3.15. The second-order valence-corrected chi connectivity index (χ2v) is 21.2. The van der Waals surface area contributed by atoms with Gasteiger partial charge in [0.25, 0.3) is 0 Å². The van der Waals surface area contributed by atoms with Crippen LogP contribution < -0.4 is 0 Å². The summed E-state index contributed by atoms with van der Waals surface area (Å²) in [4.78, 5) is 0. The summed E-state index contributed by atoms with van der Waals surface area (Å²) in [6.45, 7) is 21.7. The second-order valence-electron chi connectivity index (χ2n) is 8.64. The monoisotopic (exact) mass is 364 g/mol. The van der Waals surface area contributed by atoms with Gasteiger partial charge >= 0.3 is 8.56 Å². The molecule has 0 aromatic heterocycles. The number of rotatable bonds is 11. The molecular formula is C17H40O2SSi2. The van der Waals surface area contributed by atoms with Crippen molar-refractivity contribution < 1.29 is 8.85 Å². The van der Waals surface area contributed by atoms with Crippen LogP contribution in [-0.2, 0) is 8.85 Å². The Kier molecular flexibility index (Phi) is 10.2. The van der Waals surface area contributed by atoms with E-state index in [2.05, 4.69) is 72.0 Å². The van der Waals surface area contributed by atoms with Gasteiger partial charge in [-0.3, -0.25) is 0 Å². The first-order valence-electron chi connectivity index (χ1n) is 8.90. The van der Waals surface area contributed by atoms with Crippen LogP contribution in [0.3, 0.4) is 0 Å². The van der Waals surface area contributed by atoms with Gasteiger partial charge in [0.05, 0.1) is 5.44 Å². The molecule has 0 aliphatic rings. The van der Waals surface area contributed by atoms with Crippen LogP contribution in [0.1, 0.15) is 60.3 Å². The van der Waals surface area contributed by atoms with Gasteiger partial charge in [0.15, 0.2) is 0 Å². The lowest BCUT2D eigenvalue weighted by molar-refractivity contribution is 0.145. The Morgan fingerprint density at radius 1 is 1.00 bits per heavy atom. The van der Waals surface area contributed by atoms with E-state index in [1.54, 1.807) is 0 Å². The molecule has 2 unspecified atom stereocenters. The molecule has 0 N–H and O–H groups in total. The van der Waals surface area contributed by atoms with E-state index in [4.69, 9.17) is 8.85 Å². The maximum atomic E-state index is 6.69. The average Bonchev–Trinajstić information content (AvgIpc) is 2.24. The lowest BCUT2D eigenvalue weighted by Gasteiger charge is -2.37. The third-order valence-corrected chi connectivity index (χ3v) is 10.8. The zero-order chi connectivity index (χ0) is 17.4. The molecule has 134 valence electrons. The van der Waals surface area contributed by atoms with Crippen LogP contribution in [0.25, 0.3) is 0 Å². The Balaban J connectivity index is 4.95. The van der Waals surface area contributed by atoms with E-state index in [1.807, 2.05) is 0 Å². The number of hydrogen-bond acceptors (Lipinski definition) is 3. The van der Waals surface area contributed by atoms with Crippen LogP contribution in [0, 0.1) is 5.41 Å². The summed E-state index contributed by atoms with van der Waals surface area (Å²) in [5.74, 6) is 0. The molecular weight excluding hydrogens is 324 g/mol. The summed E-state index contributed by atoms with van der Waals surface area (Å²) in [6, 6.07) is 1.07. The van der Waals surface area contributed by atoms with E-state index in [-0.39, 0.29) is 5.41 Å². The van der Waals surface area contributed by atoms with Gasteiger partial charge in [-0.1, -0.05) is 67.1 Å². The number of hydrogen-bond donors (Lipinski definition) is 0. The molecule has 0 rings (SSSR count). The Labute approximate surface area is 146 Å². The highest BCUT2D eigenvalue weighted by molar-refractivity contribution is 8.28. The first-order valence-corrected chi connectivity index (χ1v) is 16.5. The summed E-state index contributed by atoms with van der Waals surface area (Å²) in [5.41, 5.74) is 0.575. The average molecular weight is 365 g/mol. The minimum absolute atomic E-state index is 0.258. The molecule has 0 saturated heterocycles. The topological polar surface area (TPSA) is 18.5 Å². The van der Waals surface area contributed by atoms with Gasteiger partial charge in [-0.05, 0) is 30.8 Å². The van der Waals surface area contributed by atoms with Gasteiger partial charge in [-0.2, -0.15) is 11.2 Å².